The molecule has 9 heteroatoms. The number of hydrogen-bond acceptors (Lipinski definition) is 5. The summed E-state index contributed by atoms with van der Waals surface area (Å²) in [5.74, 6) is -0.524. The molecule has 4 rings (SSSR count). The van der Waals surface area contributed by atoms with Crippen LogP contribution in [0.1, 0.15) is 33.6 Å². The first-order valence-electron chi connectivity index (χ1n) is 8.64. The van der Waals surface area contributed by atoms with Gasteiger partial charge < -0.3 is 15.2 Å². The molecule has 7 nitrogen and oxygen atoms in total. The maximum atomic E-state index is 12.8. The van der Waals surface area contributed by atoms with Crippen LogP contribution < -0.4 is 15.6 Å². The molecule has 3 saturated carbocycles. The number of anilines is 1. The van der Waals surface area contributed by atoms with Crippen LogP contribution in [0.3, 0.4) is 0 Å². The van der Waals surface area contributed by atoms with Gasteiger partial charge in [0.05, 0.1) is 6.20 Å². The third-order valence-electron chi connectivity index (χ3n) is 6.19. The fourth-order valence-electron chi connectivity index (χ4n) is 4.56. The standard InChI is InChI=1S/C17H23F2N3O4/c1-8-10-4-9(17(10,2)3)5-11(8)21-12-6-20-22(7-13(23)24)15(25)14(12)26-16(18)19/h6,8-11,16,21H,4-5,7H2,1-3H3,(H,23,24). The summed E-state index contributed by atoms with van der Waals surface area (Å²) in [6.45, 7) is 2.69. The van der Waals surface area contributed by atoms with Gasteiger partial charge in [0.15, 0.2) is 0 Å². The van der Waals surface area contributed by atoms with E-state index in [0.29, 0.717) is 22.4 Å². The van der Waals surface area contributed by atoms with E-state index in [0.717, 1.165) is 12.8 Å². The van der Waals surface area contributed by atoms with Gasteiger partial charge >= 0.3 is 18.1 Å². The lowest BCUT2D eigenvalue weighted by molar-refractivity contribution is -0.138. The SMILES string of the molecule is CC1C(Nc2cnn(CC(=O)O)c(=O)c2OC(F)F)CC2CC1C2(C)C. The fourth-order valence-corrected chi connectivity index (χ4v) is 4.56. The van der Waals surface area contributed by atoms with Gasteiger partial charge in [-0.15, -0.1) is 0 Å². The summed E-state index contributed by atoms with van der Waals surface area (Å²) in [4.78, 5) is 23.1. The summed E-state index contributed by atoms with van der Waals surface area (Å²) in [6, 6.07) is 0.0170. The minimum atomic E-state index is -3.19. The van der Waals surface area contributed by atoms with Gasteiger partial charge in [-0.05, 0) is 36.0 Å². The average Bonchev–Trinajstić information content (AvgIpc) is 2.53. The van der Waals surface area contributed by atoms with E-state index in [1.54, 1.807) is 0 Å². The van der Waals surface area contributed by atoms with Crippen LogP contribution in [0, 0.1) is 23.2 Å². The minimum absolute atomic E-state index is 0.0170. The third-order valence-corrected chi connectivity index (χ3v) is 6.19. The molecule has 2 N–H and O–H groups in total. The molecule has 0 aromatic carbocycles. The second-order valence-electron chi connectivity index (χ2n) is 7.83. The lowest BCUT2D eigenvalue weighted by Crippen LogP contribution is -2.58. The Morgan fingerprint density at radius 2 is 2.19 bits per heavy atom. The fraction of sp³-hybridized carbons (Fsp3) is 0.706. The maximum Gasteiger partial charge on any atom is 0.387 e. The van der Waals surface area contributed by atoms with Crippen molar-refractivity contribution < 1.29 is 23.4 Å². The molecule has 4 unspecified atom stereocenters. The molecular formula is C17H23F2N3O4. The zero-order valence-corrected chi connectivity index (χ0v) is 14.9. The van der Waals surface area contributed by atoms with Gasteiger partial charge in [-0.1, -0.05) is 20.8 Å². The molecule has 0 radical (unpaired) electrons. The lowest BCUT2D eigenvalue weighted by atomic mass is 9.45. The van der Waals surface area contributed by atoms with Gasteiger partial charge in [-0.3, -0.25) is 9.59 Å². The molecular weight excluding hydrogens is 348 g/mol. The first-order valence-corrected chi connectivity index (χ1v) is 8.64. The Hall–Kier alpha value is -2.19. The number of alkyl halides is 2. The molecule has 3 fully saturated rings. The molecule has 0 aliphatic heterocycles. The number of aliphatic carboxylic acids is 1. The van der Waals surface area contributed by atoms with Crippen LogP contribution in [0.4, 0.5) is 14.5 Å². The van der Waals surface area contributed by atoms with E-state index in [1.807, 2.05) is 0 Å². The Morgan fingerprint density at radius 3 is 2.73 bits per heavy atom. The topological polar surface area (TPSA) is 93.5 Å². The van der Waals surface area contributed by atoms with Gasteiger partial charge in [0, 0.05) is 6.04 Å². The summed E-state index contributed by atoms with van der Waals surface area (Å²) in [5, 5.41) is 15.7. The van der Waals surface area contributed by atoms with Crippen LogP contribution in [-0.4, -0.2) is 33.5 Å². The van der Waals surface area contributed by atoms with Crippen LogP contribution >= 0.6 is 0 Å². The Morgan fingerprint density at radius 1 is 1.50 bits per heavy atom. The molecule has 0 spiro atoms. The Kier molecular flexibility index (Phi) is 4.66. The van der Waals surface area contributed by atoms with Crippen molar-refractivity contribution in [2.75, 3.05) is 5.32 Å². The molecule has 1 aromatic rings. The largest absolute Gasteiger partial charge is 0.480 e. The predicted octanol–water partition coefficient (Wildman–Crippen LogP) is 2.41. The van der Waals surface area contributed by atoms with E-state index in [4.69, 9.17) is 5.11 Å². The van der Waals surface area contributed by atoms with E-state index in [-0.39, 0.29) is 17.1 Å². The Balaban J connectivity index is 1.86. The second kappa shape index (κ2) is 6.51. The van der Waals surface area contributed by atoms with Gasteiger partial charge in [0.2, 0.25) is 5.75 Å². The number of carbonyl (C=O) groups is 1. The van der Waals surface area contributed by atoms with Crippen LogP contribution in [0.25, 0.3) is 0 Å². The van der Waals surface area contributed by atoms with E-state index < -0.39 is 30.4 Å². The van der Waals surface area contributed by atoms with Crippen LogP contribution in [0.15, 0.2) is 11.0 Å². The van der Waals surface area contributed by atoms with Crippen LogP contribution in [0.5, 0.6) is 5.75 Å². The van der Waals surface area contributed by atoms with E-state index in [1.165, 1.54) is 6.20 Å². The highest BCUT2D eigenvalue weighted by Gasteiger charge is 2.56. The highest BCUT2D eigenvalue weighted by molar-refractivity contribution is 5.66. The monoisotopic (exact) mass is 371 g/mol. The van der Waals surface area contributed by atoms with E-state index >= 15 is 0 Å². The summed E-state index contributed by atoms with van der Waals surface area (Å²) in [5.41, 5.74) is -0.650. The smallest absolute Gasteiger partial charge is 0.387 e. The van der Waals surface area contributed by atoms with Crippen molar-refractivity contribution >= 4 is 11.7 Å². The molecule has 3 aliphatic rings. The number of rotatable bonds is 6. The number of carboxylic acids is 1. The van der Waals surface area contributed by atoms with Gasteiger partial charge in [0.25, 0.3) is 0 Å². The summed E-state index contributed by atoms with van der Waals surface area (Å²) in [7, 11) is 0. The van der Waals surface area contributed by atoms with Gasteiger partial charge in [0.1, 0.15) is 12.2 Å². The quantitative estimate of drug-likeness (QED) is 0.798. The number of halogens is 2. The number of ether oxygens (including phenoxy) is 1. The highest BCUT2D eigenvalue weighted by atomic mass is 19.3. The van der Waals surface area contributed by atoms with E-state index in [2.05, 4.69) is 35.9 Å². The number of nitrogens with zero attached hydrogens (tertiary/aromatic N) is 2. The molecule has 26 heavy (non-hydrogen) atoms. The first-order chi connectivity index (χ1) is 12.1. The van der Waals surface area contributed by atoms with E-state index in [9.17, 15) is 18.4 Å². The lowest BCUT2D eigenvalue weighted by Gasteiger charge is -2.62. The van der Waals surface area contributed by atoms with Crippen molar-refractivity contribution in [1.29, 1.82) is 0 Å². The predicted molar refractivity (Wildman–Crippen MR) is 89.3 cm³/mol. The van der Waals surface area contributed by atoms with Gasteiger partial charge in [-0.25, -0.2) is 4.68 Å². The Bertz CT molecular complexity index is 765. The molecule has 1 heterocycles. The van der Waals surface area contributed by atoms with Crippen molar-refractivity contribution in [3.63, 3.8) is 0 Å². The molecule has 0 amide bonds. The number of fused-ring (bicyclic) bond motifs is 2. The molecule has 1 aromatic heterocycles. The third kappa shape index (κ3) is 3.14. The molecule has 144 valence electrons. The second-order valence-corrected chi connectivity index (χ2v) is 7.83. The molecule has 4 atom stereocenters. The van der Waals surface area contributed by atoms with Crippen LogP contribution in [0.2, 0.25) is 0 Å². The van der Waals surface area contributed by atoms with Crippen molar-refractivity contribution in [2.45, 2.75) is 52.8 Å². The molecule has 0 saturated heterocycles. The summed E-state index contributed by atoms with van der Waals surface area (Å²) in [6.07, 6.45) is 3.21. The zero-order chi connectivity index (χ0) is 19.2. The normalized spacial score (nSPS) is 29.2. The number of nitrogens with one attached hydrogen (secondary N) is 1. The molecule has 3 aliphatic carbocycles. The van der Waals surface area contributed by atoms with Crippen molar-refractivity contribution in [2.24, 2.45) is 23.2 Å². The van der Waals surface area contributed by atoms with Crippen molar-refractivity contribution in [3.05, 3.63) is 16.6 Å². The van der Waals surface area contributed by atoms with Crippen LogP contribution in [-0.2, 0) is 11.3 Å². The molecule has 2 bridgehead atoms. The number of hydrogen-bond donors (Lipinski definition) is 2. The highest BCUT2D eigenvalue weighted by Crippen LogP contribution is 2.61. The number of aromatic nitrogens is 2. The van der Waals surface area contributed by atoms with Crippen molar-refractivity contribution in [3.8, 4) is 5.75 Å². The van der Waals surface area contributed by atoms with Gasteiger partial charge in [-0.2, -0.15) is 13.9 Å². The maximum absolute atomic E-state index is 12.8. The first kappa shape index (κ1) is 18.6. The Labute approximate surface area is 149 Å². The summed E-state index contributed by atoms with van der Waals surface area (Å²) < 4.78 is 30.5. The zero-order valence-electron chi connectivity index (χ0n) is 14.9. The number of carboxylic acid groups (broad SMARTS) is 1. The van der Waals surface area contributed by atoms with Crippen molar-refractivity contribution in [1.82, 2.24) is 9.78 Å². The average molecular weight is 371 g/mol. The minimum Gasteiger partial charge on any atom is -0.480 e. The summed E-state index contributed by atoms with van der Waals surface area (Å²) >= 11 is 0.